The highest BCUT2D eigenvalue weighted by Crippen LogP contribution is 2.53. The Morgan fingerprint density at radius 1 is 0.405 bits per heavy atom. The molecule has 6 nitrogen and oxygen atoms in total. The van der Waals surface area contributed by atoms with Crippen LogP contribution in [0, 0.1) is 0 Å². The van der Waals surface area contributed by atoms with E-state index in [-0.39, 0.29) is 11.5 Å². The van der Waals surface area contributed by atoms with Gasteiger partial charge in [-0.1, -0.05) is 13.8 Å². The molecule has 37 heavy (non-hydrogen) atoms. The Morgan fingerprint density at radius 3 is 0.757 bits per heavy atom. The van der Waals surface area contributed by atoms with Crippen LogP contribution in [0.5, 0.6) is 34.5 Å². The van der Waals surface area contributed by atoms with Crippen LogP contribution in [-0.2, 0) is 5.41 Å². The lowest BCUT2D eigenvalue weighted by Gasteiger charge is -2.38. The first-order chi connectivity index (χ1) is 16.4. The summed E-state index contributed by atoms with van der Waals surface area (Å²) in [7, 11) is 0. The maximum atomic E-state index is 10.7. The van der Waals surface area contributed by atoms with Crippen molar-refractivity contribution in [3.63, 3.8) is 0 Å². The molecule has 2 rings (SSSR count). The molecule has 0 saturated heterocycles. The fourth-order valence-electron chi connectivity index (χ4n) is 4.15. The first kappa shape index (κ1) is 30.5. The summed E-state index contributed by atoms with van der Waals surface area (Å²) in [6.07, 6.45) is 0. The van der Waals surface area contributed by atoms with Gasteiger partial charge in [-0.25, -0.2) is 0 Å². The normalized spacial score (nSPS) is 13.4. The number of benzene rings is 2. The molecule has 0 bridgehead atoms. The predicted molar refractivity (Wildman–Crippen MR) is 150 cm³/mol. The van der Waals surface area contributed by atoms with Crippen LogP contribution in [0.25, 0.3) is 0 Å². The van der Waals surface area contributed by atoms with E-state index in [0.29, 0.717) is 23.0 Å². The van der Waals surface area contributed by atoms with Gasteiger partial charge in [0.25, 0.3) is 0 Å². The SMILES string of the molecule is CC(C)(C)Oc1cc(O)cc(OC(C)(C)C)c1C(C)(C)c1c(OC(C)(C)C)cc(O)cc1OC(C)(C)C. The van der Waals surface area contributed by atoms with Crippen molar-refractivity contribution in [3.8, 4) is 34.5 Å². The second-order valence-corrected chi connectivity index (χ2v) is 14.1. The lowest BCUT2D eigenvalue weighted by atomic mass is 9.75. The van der Waals surface area contributed by atoms with Crippen LogP contribution in [0.2, 0.25) is 0 Å². The Bertz CT molecular complexity index is 941. The fourth-order valence-corrected chi connectivity index (χ4v) is 4.15. The zero-order valence-electron chi connectivity index (χ0n) is 25.3. The summed E-state index contributed by atoms with van der Waals surface area (Å²) in [5.41, 5.74) is -1.51. The molecule has 208 valence electrons. The van der Waals surface area contributed by atoms with E-state index < -0.39 is 27.8 Å². The zero-order valence-corrected chi connectivity index (χ0v) is 25.3. The monoisotopic (exact) mass is 516 g/mol. The highest BCUT2D eigenvalue weighted by atomic mass is 16.5. The quantitative estimate of drug-likeness (QED) is 0.403. The molecular formula is C31H48O6. The van der Waals surface area contributed by atoms with Gasteiger partial charge in [-0.3, -0.25) is 0 Å². The fraction of sp³-hybridized carbons (Fsp3) is 0.613. The molecular weight excluding hydrogens is 468 g/mol. The molecule has 0 saturated carbocycles. The average Bonchev–Trinajstić information content (AvgIpc) is 2.53. The number of ether oxygens (including phenoxy) is 4. The van der Waals surface area contributed by atoms with Gasteiger partial charge in [0.05, 0.1) is 0 Å². The van der Waals surface area contributed by atoms with Crippen molar-refractivity contribution in [2.24, 2.45) is 0 Å². The van der Waals surface area contributed by atoms with Crippen LogP contribution in [0.3, 0.4) is 0 Å². The highest BCUT2D eigenvalue weighted by molar-refractivity contribution is 5.64. The third-order valence-corrected chi connectivity index (χ3v) is 5.02. The van der Waals surface area contributed by atoms with Gasteiger partial charge < -0.3 is 29.2 Å². The van der Waals surface area contributed by atoms with Gasteiger partial charge in [0.2, 0.25) is 0 Å². The summed E-state index contributed by atoms with van der Waals surface area (Å²) in [6, 6.07) is 6.47. The smallest absolute Gasteiger partial charge is 0.131 e. The molecule has 2 aromatic rings. The minimum absolute atomic E-state index is 0.0427. The summed E-state index contributed by atoms with van der Waals surface area (Å²) in [5.74, 6) is 2.06. The standard InChI is InChI=1S/C31H48O6/c1-27(2,3)34-21-15-19(32)16-22(35-28(4,5)6)25(21)31(13,14)26-23(36-29(7,8)9)17-20(33)18-24(26)37-30(10,11)12/h15-18,32-33H,1-14H3. The van der Waals surface area contributed by atoms with E-state index in [1.165, 1.54) is 0 Å². The maximum Gasteiger partial charge on any atom is 0.131 e. The van der Waals surface area contributed by atoms with Crippen molar-refractivity contribution in [2.45, 2.75) is 125 Å². The minimum Gasteiger partial charge on any atom is -0.508 e. The molecule has 2 N–H and O–H groups in total. The van der Waals surface area contributed by atoms with Gasteiger partial charge >= 0.3 is 0 Å². The Labute approximate surface area is 223 Å². The first-order valence-electron chi connectivity index (χ1n) is 12.9. The van der Waals surface area contributed by atoms with Crippen LogP contribution >= 0.6 is 0 Å². The molecule has 0 amide bonds. The lowest BCUT2D eigenvalue weighted by Crippen LogP contribution is -2.32. The third kappa shape index (κ3) is 8.65. The minimum atomic E-state index is -0.816. The third-order valence-electron chi connectivity index (χ3n) is 5.02. The molecule has 0 aromatic heterocycles. The molecule has 0 fully saturated rings. The Balaban J connectivity index is 3.03. The van der Waals surface area contributed by atoms with Gasteiger partial charge in [0.15, 0.2) is 0 Å². The molecule has 0 aliphatic rings. The van der Waals surface area contributed by atoms with E-state index in [1.807, 2.05) is 96.9 Å². The number of phenols is 2. The molecule has 0 heterocycles. The summed E-state index contributed by atoms with van der Waals surface area (Å²) >= 11 is 0. The van der Waals surface area contributed by atoms with Crippen LogP contribution in [0.15, 0.2) is 24.3 Å². The molecule has 0 spiro atoms. The Kier molecular flexibility index (Phi) is 8.11. The maximum absolute atomic E-state index is 10.7. The zero-order chi connectivity index (χ0) is 28.8. The van der Waals surface area contributed by atoms with Crippen molar-refractivity contribution in [1.29, 1.82) is 0 Å². The van der Waals surface area contributed by atoms with E-state index in [9.17, 15) is 10.2 Å². The summed E-state index contributed by atoms with van der Waals surface area (Å²) < 4.78 is 25.6. The van der Waals surface area contributed by atoms with Crippen molar-refractivity contribution in [1.82, 2.24) is 0 Å². The molecule has 0 aliphatic carbocycles. The van der Waals surface area contributed by atoms with Gasteiger partial charge in [0, 0.05) is 40.8 Å². The van der Waals surface area contributed by atoms with Crippen LogP contribution in [0.1, 0.15) is 108 Å². The Hall–Kier alpha value is -2.76. The summed E-state index contributed by atoms with van der Waals surface area (Å²) in [5, 5.41) is 21.3. The largest absolute Gasteiger partial charge is 0.508 e. The van der Waals surface area contributed by atoms with E-state index in [0.717, 1.165) is 11.1 Å². The van der Waals surface area contributed by atoms with Crippen LogP contribution in [0.4, 0.5) is 0 Å². The van der Waals surface area contributed by atoms with Crippen molar-refractivity contribution in [3.05, 3.63) is 35.4 Å². The number of phenolic OH excluding ortho intramolecular Hbond substituents is 2. The molecule has 0 radical (unpaired) electrons. The molecule has 0 atom stereocenters. The van der Waals surface area contributed by atoms with E-state index in [2.05, 4.69) is 0 Å². The number of hydrogen-bond donors (Lipinski definition) is 2. The van der Waals surface area contributed by atoms with E-state index in [1.54, 1.807) is 24.3 Å². The van der Waals surface area contributed by atoms with Crippen molar-refractivity contribution < 1.29 is 29.2 Å². The molecule has 2 aromatic carbocycles. The number of hydrogen-bond acceptors (Lipinski definition) is 6. The second-order valence-electron chi connectivity index (χ2n) is 14.1. The van der Waals surface area contributed by atoms with E-state index >= 15 is 0 Å². The van der Waals surface area contributed by atoms with Crippen molar-refractivity contribution >= 4 is 0 Å². The second kappa shape index (κ2) is 9.85. The van der Waals surface area contributed by atoms with Gasteiger partial charge in [-0.05, 0) is 83.1 Å². The highest BCUT2D eigenvalue weighted by Gasteiger charge is 2.40. The van der Waals surface area contributed by atoms with Crippen LogP contribution < -0.4 is 18.9 Å². The number of rotatable bonds is 6. The summed E-state index contributed by atoms with van der Waals surface area (Å²) in [4.78, 5) is 0. The van der Waals surface area contributed by atoms with Gasteiger partial charge in [0.1, 0.15) is 56.9 Å². The number of aromatic hydroxyl groups is 2. The van der Waals surface area contributed by atoms with Crippen LogP contribution in [-0.4, -0.2) is 32.6 Å². The lowest BCUT2D eigenvalue weighted by molar-refractivity contribution is 0.110. The topological polar surface area (TPSA) is 77.4 Å². The average molecular weight is 517 g/mol. The first-order valence-corrected chi connectivity index (χ1v) is 12.9. The molecule has 0 unspecified atom stereocenters. The Morgan fingerprint density at radius 2 is 0.595 bits per heavy atom. The van der Waals surface area contributed by atoms with Gasteiger partial charge in [-0.2, -0.15) is 0 Å². The summed E-state index contributed by atoms with van der Waals surface area (Å²) in [6.45, 7) is 27.6. The van der Waals surface area contributed by atoms with Gasteiger partial charge in [-0.15, -0.1) is 0 Å². The molecule has 6 heteroatoms. The van der Waals surface area contributed by atoms with E-state index in [4.69, 9.17) is 18.9 Å². The molecule has 0 aliphatic heterocycles. The predicted octanol–water partition coefficient (Wildman–Crippen LogP) is 8.13. The van der Waals surface area contributed by atoms with Crippen molar-refractivity contribution in [2.75, 3.05) is 0 Å².